The van der Waals surface area contributed by atoms with Gasteiger partial charge in [0.2, 0.25) is 0 Å². The van der Waals surface area contributed by atoms with Crippen LogP contribution in [0.5, 0.6) is 5.75 Å². The zero-order valence-electron chi connectivity index (χ0n) is 7.08. The van der Waals surface area contributed by atoms with Crippen LogP contribution in [0.1, 0.15) is 5.56 Å². The molecule has 0 bridgehead atoms. The molecule has 0 amide bonds. The molecular weight excluding hydrogens is 322 g/mol. The fraction of sp³-hybridized carbons (Fsp3) is 0.333. The fourth-order valence-electron chi connectivity index (χ4n) is 0.981. The monoisotopic (exact) mass is 335 g/mol. The molecule has 1 aromatic rings. The van der Waals surface area contributed by atoms with E-state index in [1.807, 2.05) is 19.2 Å². The van der Waals surface area contributed by atoms with Crippen LogP contribution in [0.4, 0.5) is 0 Å². The smallest absolute Gasteiger partial charge is 0.115 e. The van der Waals surface area contributed by atoms with Crippen molar-refractivity contribution in [2.75, 3.05) is 13.6 Å². The van der Waals surface area contributed by atoms with Crippen LogP contribution in [-0.4, -0.2) is 18.7 Å². The van der Waals surface area contributed by atoms with Gasteiger partial charge in [0.15, 0.2) is 0 Å². The molecule has 0 fully saturated rings. The number of phenolic OH excluding ortho intramolecular Hbond substituents is 1. The average Bonchev–Trinajstić information content (AvgIpc) is 2.01. The third kappa shape index (κ3) is 3.89. The van der Waals surface area contributed by atoms with E-state index in [1.165, 1.54) is 5.56 Å². The second-order valence-corrected chi connectivity index (χ2v) is 2.52. The molecule has 0 aliphatic heterocycles. The second-order valence-electron chi connectivity index (χ2n) is 2.52. The Morgan fingerprint density at radius 1 is 1.42 bits per heavy atom. The van der Waals surface area contributed by atoms with Gasteiger partial charge in [-0.25, -0.2) is 0 Å². The number of likely N-dealkylation sites (N-methyl/N-ethyl adjacent to an activating group) is 1. The van der Waals surface area contributed by atoms with E-state index in [4.69, 9.17) is 5.11 Å². The van der Waals surface area contributed by atoms with E-state index in [0.29, 0.717) is 5.75 Å². The largest absolute Gasteiger partial charge is 0.508 e. The average molecular weight is 335 g/mol. The van der Waals surface area contributed by atoms with E-state index in [1.54, 1.807) is 12.1 Å². The Bertz CT molecular complexity index is 228. The number of benzene rings is 1. The van der Waals surface area contributed by atoms with Gasteiger partial charge >= 0.3 is 0 Å². The Balaban J connectivity index is 0.00000121. The van der Waals surface area contributed by atoms with Gasteiger partial charge in [-0.3, -0.25) is 0 Å². The van der Waals surface area contributed by atoms with Crippen molar-refractivity contribution in [1.29, 1.82) is 0 Å². The van der Waals surface area contributed by atoms with Crippen LogP contribution in [0.3, 0.4) is 0 Å². The molecule has 0 saturated heterocycles. The number of hydrogen-bond acceptors (Lipinski definition) is 2. The van der Waals surface area contributed by atoms with Crippen LogP contribution in [0.15, 0.2) is 24.3 Å². The van der Waals surface area contributed by atoms with Crippen molar-refractivity contribution in [1.82, 2.24) is 5.32 Å². The molecule has 0 heterocycles. The first kappa shape index (κ1) is 11.7. The van der Waals surface area contributed by atoms with Gasteiger partial charge in [0.25, 0.3) is 0 Å². The molecule has 2 N–H and O–H groups in total. The maximum Gasteiger partial charge on any atom is 0.115 e. The summed E-state index contributed by atoms with van der Waals surface area (Å²) in [4.78, 5) is 0. The fourth-order valence-corrected chi connectivity index (χ4v) is 0.981. The maximum atomic E-state index is 9.09. The first-order valence-corrected chi connectivity index (χ1v) is 3.75. The Labute approximate surface area is 87.3 Å². The predicted molar refractivity (Wildman–Crippen MR) is 45.7 cm³/mol. The SMILES string of the molecule is CNCCc1cccc(O)c1.[W]. The normalized spacial score (nSPS) is 9.08. The number of nitrogens with one attached hydrogen (secondary N) is 1. The van der Waals surface area contributed by atoms with Gasteiger partial charge in [0, 0.05) is 21.1 Å². The van der Waals surface area contributed by atoms with Crippen molar-refractivity contribution < 1.29 is 26.2 Å². The van der Waals surface area contributed by atoms with Crippen molar-refractivity contribution >= 4 is 0 Å². The summed E-state index contributed by atoms with van der Waals surface area (Å²) >= 11 is 0. The number of rotatable bonds is 3. The molecule has 0 aliphatic carbocycles. The van der Waals surface area contributed by atoms with Gasteiger partial charge in [-0.1, -0.05) is 12.1 Å². The Kier molecular flexibility index (Phi) is 6.04. The molecule has 0 saturated carbocycles. The third-order valence-corrected chi connectivity index (χ3v) is 1.57. The van der Waals surface area contributed by atoms with E-state index in [9.17, 15) is 0 Å². The molecule has 0 unspecified atom stereocenters. The molecule has 66 valence electrons. The predicted octanol–water partition coefficient (Wildman–Crippen LogP) is 1.15. The van der Waals surface area contributed by atoms with Crippen LogP contribution in [0.25, 0.3) is 0 Å². The van der Waals surface area contributed by atoms with Gasteiger partial charge in [0.1, 0.15) is 5.75 Å². The van der Waals surface area contributed by atoms with E-state index in [2.05, 4.69) is 5.32 Å². The summed E-state index contributed by atoms with van der Waals surface area (Å²) in [6, 6.07) is 7.34. The summed E-state index contributed by atoms with van der Waals surface area (Å²) < 4.78 is 0. The van der Waals surface area contributed by atoms with Gasteiger partial charge in [-0.2, -0.15) is 0 Å². The zero-order valence-corrected chi connectivity index (χ0v) is 10.0. The van der Waals surface area contributed by atoms with E-state index in [0.717, 1.165) is 13.0 Å². The van der Waals surface area contributed by atoms with Gasteiger partial charge in [0.05, 0.1) is 0 Å². The Morgan fingerprint density at radius 3 is 2.75 bits per heavy atom. The maximum absolute atomic E-state index is 9.09. The van der Waals surface area contributed by atoms with Crippen LogP contribution in [0, 0.1) is 0 Å². The van der Waals surface area contributed by atoms with Gasteiger partial charge in [-0.15, -0.1) is 0 Å². The summed E-state index contributed by atoms with van der Waals surface area (Å²) in [5.41, 5.74) is 1.17. The topological polar surface area (TPSA) is 32.3 Å². The van der Waals surface area contributed by atoms with Crippen molar-refractivity contribution in [3.05, 3.63) is 29.8 Å². The zero-order chi connectivity index (χ0) is 8.10. The molecule has 1 rings (SSSR count). The van der Waals surface area contributed by atoms with Gasteiger partial charge in [-0.05, 0) is 37.7 Å². The van der Waals surface area contributed by atoms with E-state index >= 15 is 0 Å². The number of aromatic hydroxyl groups is 1. The molecule has 0 aliphatic rings. The number of hydrogen-bond donors (Lipinski definition) is 2. The summed E-state index contributed by atoms with van der Waals surface area (Å²) in [6.45, 7) is 0.948. The van der Waals surface area contributed by atoms with Crippen LogP contribution in [-0.2, 0) is 27.5 Å². The summed E-state index contributed by atoms with van der Waals surface area (Å²) in [6.07, 6.45) is 0.963. The van der Waals surface area contributed by atoms with Crippen molar-refractivity contribution in [2.24, 2.45) is 0 Å². The minimum Gasteiger partial charge on any atom is -0.508 e. The molecule has 1 aromatic carbocycles. The van der Waals surface area contributed by atoms with Crippen LogP contribution >= 0.6 is 0 Å². The molecule has 0 aromatic heterocycles. The summed E-state index contributed by atoms with van der Waals surface area (Å²) in [5, 5.41) is 12.1. The molecule has 2 nitrogen and oxygen atoms in total. The molecule has 0 radical (unpaired) electrons. The van der Waals surface area contributed by atoms with Gasteiger partial charge < -0.3 is 10.4 Å². The minimum atomic E-state index is 0. The summed E-state index contributed by atoms with van der Waals surface area (Å²) in [7, 11) is 1.92. The molecule has 12 heavy (non-hydrogen) atoms. The van der Waals surface area contributed by atoms with Crippen molar-refractivity contribution in [3.8, 4) is 5.75 Å². The molecule has 0 spiro atoms. The van der Waals surface area contributed by atoms with Crippen molar-refractivity contribution in [2.45, 2.75) is 6.42 Å². The van der Waals surface area contributed by atoms with Crippen LogP contribution < -0.4 is 5.32 Å². The molecule has 3 heteroatoms. The Morgan fingerprint density at radius 2 is 2.17 bits per heavy atom. The summed E-state index contributed by atoms with van der Waals surface area (Å²) in [5.74, 6) is 0.346. The minimum absolute atomic E-state index is 0. The quantitative estimate of drug-likeness (QED) is 0.869. The molecule has 0 atom stereocenters. The third-order valence-electron chi connectivity index (χ3n) is 1.57. The molecular formula is C9H13NOW. The Hall–Kier alpha value is -0.332. The standard InChI is InChI=1S/C9H13NO.W/c1-10-6-5-8-3-2-4-9(11)7-8;/h2-4,7,10-11H,5-6H2,1H3;. The first-order chi connectivity index (χ1) is 5.33. The van der Waals surface area contributed by atoms with E-state index < -0.39 is 0 Å². The first-order valence-electron chi connectivity index (χ1n) is 3.75. The number of phenols is 1. The van der Waals surface area contributed by atoms with Crippen molar-refractivity contribution in [3.63, 3.8) is 0 Å². The van der Waals surface area contributed by atoms with Crippen LogP contribution in [0.2, 0.25) is 0 Å². The van der Waals surface area contributed by atoms with E-state index in [-0.39, 0.29) is 21.1 Å². The second kappa shape index (κ2) is 6.21.